The Hall–Kier alpha value is -1.07. The van der Waals surface area contributed by atoms with E-state index in [9.17, 15) is 9.18 Å². The molecule has 3 nitrogen and oxygen atoms in total. The minimum absolute atomic E-state index is 0.0329. The number of nitrogens with zero attached hydrogens (tertiary/aromatic N) is 1. The van der Waals surface area contributed by atoms with Gasteiger partial charge in [0, 0.05) is 30.1 Å². The van der Waals surface area contributed by atoms with Gasteiger partial charge in [-0.3, -0.25) is 10.1 Å². The van der Waals surface area contributed by atoms with E-state index in [1.54, 1.807) is 11.8 Å². The summed E-state index contributed by atoms with van der Waals surface area (Å²) in [5.74, 6) is 2.05. The van der Waals surface area contributed by atoms with E-state index in [0.717, 1.165) is 30.2 Å². The van der Waals surface area contributed by atoms with Gasteiger partial charge in [-0.2, -0.15) is 0 Å². The summed E-state index contributed by atoms with van der Waals surface area (Å²) in [5.41, 5.74) is 1.13. The van der Waals surface area contributed by atoms with Crippen LogP contribution in [0.2, 0.25) is 0 Å². The van der Waals surface area contributed by atoms with Gasteiger partial charge in [-0.1, -0.05) is 12.1 Å². The van der Waals surface area contributed by atoms with Gasteiger partial charge < -0.3 is 4.90 Å². The second kappa shape index (κ2) is 5.74. The van der Waals surface area contributed by atoms with Crippen molar-refractivity contribution in [1.29, 1.82) is 0 Å². The monoisotopic (exact) mass is 294 g/mol. The predicted molar refractivity (Wildman–Crippen MR) is 79.2 cm³/mol. The molecule has 0 aromatic heterocycles. The quantitative estimate of drug-likeness (QED) is 0.907. The molecule has 1 aromatic rings. The van der Waals surface area contributed by atoms with Crippen molar-refractivity contribution in [1.82, 2.24) is 10.2 Å². The number of carbonyl (C=O) groups is 1. The van der Waals surface area contributed by atoms with Crippen LogP contribution in [0.4, 0.5) is 4.39 Å². The van der Waals surface area contributed by atoms with E-state index in [2.05, 4.69) is 12.2 Å². The van der Waals surface area contributed by atoms with Crippen molar-refractivity contribution in [2.45, 2.75) is 31.3 Å². The molecule has 108 valence electrons. The van der Waals surface area contributed by atoms with Crippen LogP contribution < -0.4 is 5.32 Å². The van der Waals surface area contributed by atoms with Crippen molar-refractivity contribution in [3.63, 3.8) is 0 Å². The highest BCUT2D eigenvalue weighted by atomic mass is 32.2. The molecule has 3 atom stereocenters. The molecule has 1 amide bonds. The third-order valence-electron chi connectivity index (χ3n) is 4.21. The van der Waals surface area contributed by atoms with E-state index in [1.165, 1.54) is 12.1 Å². The lowest BCUT2D eigenvalue weighted by molar-refractivity contribution is -0.133. The van der Waals surface area contributed by atoms with Gasteiger partial charge in [-0.25, -0.2) is 4.39 Å². The Labute approximate surface area is 122 Å². The summed E-state index contributed by atoms with van der Waals surface area (Å²) in [5, 5.41) is 3.24. The highest BCUT2D eigenvalue weighted by Gasteiger charge is 2.37. The molecule has 2 saturated heterocycles. The maximum absolute atomic E-state index is 13.0. The van der Waals surface area contributed by atoms with Crippen molar-refractivity contribution in [3.8, 4) is 0 Å². The van der Waals surface area contributed by atoms with E-state index in [4.69, 9.17) is 0 Å². The molecule has 20 heavy (non-hydrogen) atoms. The number of likely N-dealkylation sites (tertiary alicyclic amines) is 1. The van der Waals surface area contributed by atoms with Crippen LogP contribution in [0.15, 0.2) is 24.3 Å². The molecule has 2 aliphatic heterocycles. The van der Waals surface area contributed by atoms with Crippen LogP contribution in [0.1, 0.15) is 24.8 Å². The van der Waals surface area contributed by atoms with Crippen LogP contribution in [-0.4, -0.2) is 41.1 Å². The van der Waals surface area contributed by atoms with Gasteiger partial charge in [0.1, 0.15) is 5.82 Å². The van der Waals surface area contributed by atoms with Gasteiger partial charge in [-0.05, 0) is 31.0 Å². The summed E-state index contributed by atoms with van der Waals surface area (Å²) in [6.07, 6.45) is 0.956. The van der Waals surface area contributed by atoms with E-state index < -0.39 is 0 Å². The molecule has 5 heteroatoms. The standard InChI is InChI=1S/C15H19FN2OS/c1-10-6-12(11-2-4-13(16)5-3-11)7-18(10)15(19)14-8-20-9-17-14/h2-5,10,12,14,17H,6-9H2,1H3/t10-,12+,14-/m1/s1. The topological polar surface area (TPSA) is 32.3 Å². The first-order valence-electron chi connectivity index (χ1n) is 7.02. The molecule has 0 saturated carbocycles. The average molecular weight is 294 g/mol. The Morgan fingerprint density at radius 3 is 2.80 bits per heavy atom. The zero-order valence-electron chi connectivity index (χ0n) is 11.5. The van der Waals surface area contributed by atoms with E-state index >= 15 is 0 Å². The number of carbonyl (C=O) groups excluding carboxylic acids is 1. The van der Waals surface area contributed by atoms with Crippen LogP contribution in [0.25, 0.3) is 0 Å². The van der Waals surface area contributed by atoms with Crippen molar-refractivity contribution in [3.05, 3.63) is 35.6 Å². The number of hydrogen-bond acceptors (Lipinski definition) is 3. The number of amides is 1. The number of thioether (sulfide) groups is 1. The van der Waals surface area contributed by atoms with Gasteiger partial charge in [0.25, 0.3) is 0 Å². The summed E-state index contributed by atoms with van der Waals surface area (Å²) >= 11 is 1.77. The highest BCUT2D eigenvalue weighted by molar-refractivity contribution is 7.99. The second-order valence-corrected chi connectivity index (χ2v) is 6.63. The minimum atomic E-state index is -0.208. The normalized spacial score (nSPS) is 29.9. The molecular formula is C15H19FN2OS. The fraction of sp³-hybridized carbons (Fsp3) is 0.533. The number of benzene rings is 1. The number of halogens is 1. The lowest BCUT2D eigenvalue weighted by atomic mass is 9.97. The molecule has 0 spiro atoms. The number of hydrogen-bond donors (Lipinski definition) is 1. The summed E-state index contributed by atoms with van der Waals surface area (Å²) in [4.78, 5) is 14.5. The molecule has 2 aliphatic rings. The zero-order valence-corrected chi connectivity index (χ0v) is 12.3. The Bertz CT molecular complexity index is 487. The van der Waals surface area contributed by atoms with Gasteiger partial charge >= 0.3 is 0 Å². The second-order valence-electron chi connectivity index (χ2n) is 5.60. The van der Waals surface area contributed by atoms with Gasteiger partial charge in [0.15, 0.2) is 0 Å². The Morgan fingerprint density at radius 1 is 1.40 bits per heavy atom. The van der Waals surface area contributed by atoms with E-state index in [-0.39, 0.29) is 23.8 Å². The summed E-state index contributed by atoms with van der Waals surface area (Å²) in [7, 11) is 0. The lowest BCUT2D eigenvalue weighted by Crippen LogP contribution is -2.46. The fourth-order valence-electron chi connectivity index (χ4n) is 3.07. The van der Waals surface area contributed by atoms with Gasteiger partial charge in [0.05, 0.1) is 6.04 Å². The van der Waals surface area contributed by atoms with Crippen LogP contribution in [0.5, 0.6) is 0 Å². The maximum atomic E-state index is 13.0. The fourth-order valence-corrected chi connectivity index (χ4v) is 4.00. The lowest BCUT2D eigenvalue weighted by Gasteiger charge is -2.24. The molecule has 0 unspecified atom stereocenters. The molecule has 2 fully saturated rings. The third-order valence-corrected chi connectivity index (χ3v) is 5.15. The van der Waals surface area contributed by atoms with Crippen LogP contribution in [0.3, 0.4) is 0 Å². The van der Waals surface area contributed by atoms with Crippen LogP contribution in [0, 0.1) is 5.82 Å². The molecule has 0 bridgehead atoms. The van der Waals surface area contributed by atoms with Crippen molar-refractivity contribution < 1.29 is 9.18 Å². The number of rotatable bonds is 2. The van der Waals surface area contributed by atoms with Gasteiger partial charge in [0.2, 0.25) is 5.91 Å². The minimum Gasteiger partial charge on any atom is -0.338 e. The van der Waals surface area contributed by atoms with Crippen molar-refractivity contribution in [2.24, 2.45) is 0 Å². The SMILES string of the molecule is C[C@@H]1C[C@H](c2ccc(F)cc2)CN1C(=O)[C@H]1CSCN1. The van der Waals surface area contributed by atoms with Crippen molar-refractivity contribution in [2.75, 3.05) is 18.2 Å². The maximum Gasteiger partial charge on any atom is 0.240 e. The summed E-state index contributed by atoms with van der Waals surface area (Å²) in [6, 6.07) is 6.90. The summed E-state index contributed by atoms with van der Waals surface area (Å²) in [6.45, 7) is 2.85. The Morgan fingerprint density at radius 2 is 2.15 bits per heavy atom. The first kappa shape index (κ1) is 13.9. The third kappa shape index (κ3) is 2.69. The molecule has 1 N–H and O–H groups in total. The molecule has 0 radical (unpaired) electrons. The molecule has 2 heterocycles. The highest BCUT2D eigenvalue weighted by Crippen LogP contribution is 2.32. The smallest absolute Gasteiger partial charge is 0.240 e. The van der Waals surface area contributed by atoms with Crippen molar-refractivity contribution >= 4 is 17.7 Å². The molecule has 0 aliphatic carbocycles. The molecule has 1 aromatic carbocycles. The van der Waals surface area contributed by atoms with Crippen LogP contribution in [-0.2, 0) is 4.79 Å². The average Bonchev–Trinajstić information content (AvgIpc) is 3.08. The Balaban J connectivity index is 1.69. The van der Waals surface area contributed by atoms with Gasteiger partial charge in [-0.15, -0.1) is 11.8 Å². The zero-order chi connectivity index (χ0) is 14.1. The predicted octanol–water partition coefficient (Wildman–Crippen LogP) is 2.19. The molecule has 3 rings (SSSR count). The number of nitrogens with one attached hydrogen (secondary N) is 1. The first-order chi connectivity index (χ1) is 9.65. The largest absolute Gasteiger partial charge is 0.338 e. The Kier molecular flexibility index (Phi) is 3.98. The molecular weight excluding hydrogens is 275 g/mol. The van der Waals surface area contributed by atoms with Crippen LogP contribution >= 0.6 is 11.8 Å². The first-order valence-corrected chi connectivity index (χ1v) is 8.17. The summed E-state index contributed by atoms with van der Waals surface area (Å²) < 4.78 is 13.0. The van der Waals surface area contributed by atoms with E-state index in [0.29, 0.717) is 5.92 Å². The van der Waals surface area contributed by atoms with E-state index in [1.807, 2.05) is 17.0 Å².